The van der Waals surface area contributed by atoms with Crippen LogP contribution in [-0.2, 0) is 0 Å². The summed E-state index contributed by atoms with van der Waals surface area (Å²) in [5.74, 6) is 2.81. The van der Waals surface area contributed by atoms with Gasteiger partial charge in [0.1, 0.15) is 24.7 Å². The smallest absolute Gasteiger partial charge is 0.231 e. The molecule has 26 heavy (non-hydrogen) atoms. The monoisotopic (exact) mass is 352 g/mol. The molecule has 5 nitrogen and oxygen atoms in total. The minimum Gasteiger partial charge on any atom is -0.493 e. The Labute approximate surface area is 152 Å². The zero-order valence-corrected chi connectivity index (χ0v) is 14.6. The Morgan fingerprint density at radius 2 is 1.88 bits per heavy atom. The second-order valence-electron chi connectivity index (χ2n) is 6.20. The van der Waals surface area contributed by atoms with Gasteiger partial charge in [0.25, 0.3) is 0 Å². The van der Waals surface area contributed by atoms with Gasteiger partial charge in [-0.25, -0.2) is 0 Å². The highest BCUT2D eigenvalue weighted by molar-refractivity contribution is 6.14. The Balaban J connectivity index is 1.55. The maximum atomic E-state index is 12.6. The standard InChI is InChI=1S/C21H20O5/c1-2-3-8-23-15-5-6-16-18(13-15)26-20(21(16)22)12-14-4-7-17-19(11-14)25-10-9-24-17/h4-7,11-13H,2-3,8-10H2,1H3. The molecule has 0 radical (unpaired) electrons. The number of hydrogen-bond acceptors (Lipinski definition) is 5. The molecular weight excluding hydrogens is 332 g/mol. The van der Waals surface area contributed by atoms with E-state index in [1.807, 2.05) is 24.3 Å². The topological polar surface area (TPSA) is 54.0 Å². The van der Waals surface area contributed by atoms with Gasteiger partial charge in [-0.05, 0) is 42.3 Å². The molecule has 0 bridgehead atoms. The highest BCUT2D eigenvalue weighted by Crippen LogP contribution is 2.36. The fourth-order valence-corrected chi connectivity index (χ4v) is 2.89. The summed E-state index contributed by atoms with van der Waals surface area (Å²) in [4.78, 5) is 12.6. The molecule has 0 N–H and O–H groups in total. The molecule has 0 aliphatic carbocycles. The van der Waals surface area contributed by atoms with Crippen LogP contribution in [0.5, 0.6) is 23.0 Å². The zero-order chi connectivity index (χ0) is 17.9. The lowest BCUT2D eigenvalue weighted by molar-refractivity contribution is 0.101. The largest absolute Gasteiger partial charge is 0.493 e. The zero-order valence-electron chi connectivity index (χ0n) is 14.6. The molecule has 2 aromatic rings. The van der Waals surface area contributed by atoms with Crippen LogP contribution >= 0.6 is 0 Å². The van der Waals surface area contributed by atoms with Crippen LogP contribution in [0, 0.1) is 0 Å². The van der Waals surface area contributed by atoms with E-state index < -0.39 is 0 Å². The van der Waals surface area contributed by atoms with Crippen molar-refractivity contribution in [1.29, 1.82) is 0 Å². The van der Waals surface area contributed by atoms with E-state index in [-0.39, 0.29) is 5.78 Å². The van der Waals surface area contributed by atoms with Gasteiger partial charge in [0.2, 0.25) is 5.78 Å². The lowest BCUT2D eigenvalue weighted by Gasteiger charge is -2.18. The van der Waals surface area contributed by atoms with Crippen LogP contribution in [-0.4, -0.2) is 25.6 Å². The van der Waals surface area contributed by atoms with E-state index in [0.717, 1.165) is 18.4 Å². The first kappa shape index (κ1) is 16.5. The highest BCUT2D eigenvalue weighted by atomic mass is 16.6. The van der Waals surface area contributed by atoms with Crippen molar-refractivity contribution < 1.29 is 23.7 Å². The summed E-state index contributed by atoms with van der Waals surface area (Å²) in [6.07, 6.45) is 3.78. The maximum absolute atomic E-state index is 12.6. The molecule has 2 aliphatic heterocycles. The van der Waals surface area contributed by atoms with Crippen molar-refractivity contribution >= 4 is 11.9 Å². The molecule has 134 valence electrons. The van der Waals surface area contributed by atoms with E-state index in [2.05, 4.69) is 6.92 Å². The number of rotatable bonds is 5. The molecule has 0 saturated heterocycles. The van der Waals surface area contributed by atoms with E-state index in [4.69, 9.17) is 18.9 Å². The number of allylic oxidation sites excluding steroid dienone is 1. The van der Waals surface area contributed by atoms with Gasteiger partial charge in [-0.2, -0.15) is 0 Å². The van der Waals surface area contributed by atoms with Crippen molar-refractivity contribution in [2.75, 3.05) is 19.8 Å². The molecule has 0 unspecified atom stereocenters. The number of hydrogen-bond donors (Lipinski definition) is 0. The van der Waals surface area contributed by atoms with E-state index in [1.165, 1.54) is 0 Å². The molecule has 0 fully saturated rings. The number of unbranched alkanes of at least 4 members (excludes halogenated alkanes) is 1. The summed E-state index contributed by atoms with van der Waals surface area (Å²) >= 11 is 0. The van der Waals surface area contributed by atoms with Crippen LogP contribution in [0.1, 0.15) is 35.7 Å². The molecule has 0 spiro atoms. The molecule has 0 aromatic heterocycles. The van der Waals surface area contributed by atoms with Crippen LogP contribution in [0.25, 0.3) is 6.08 Å². The van der Waals surface area contributed by atoms with Crippen molar-refractivity contribution in [1.82, 2.24) is 0 Å². The van der Waals surface area contributed by atoms with E-state index in [1.54, 1.807) is 18.2 Å². The third-order valence-electron chi connectivity index (χ3n) is 4.27. The Kier molecular flexibility index (Phi) is 4.52. The average Bonchev–Trinajstić information content (AvgIpc) is 2.97. The number of benzene rings is 2. The van der Waals surface area contributed by atoms with Crippen molar-refractivity contribution in [3.8, 4) is 23.0 Å². The van der Waals surface area contributed by atoms with Gasteiger partial charge in [-0.15, -0.1) is 0 Å². The number of ether oxygens (including phenoxy) is 4. The third kappa shape index (κ3) is 3.25. The Bertz CT molecular complexity index is 869. The minimum absolute atomic E-state index is 0.130. The van der Waals surface area contributed by atoms with Crippen molar-refractivity contribution in [2.24, 2.45) is 0 Å². The van der Waals surface area contributed by atoms with Gasteiger partial charge in [0, 0.05) is 6.07 Å². The second-order valence-corrected chi connectivity index (χ2v) is 6.20. The molecule has 5 heteroatoms. The number of fused-ring (bicyclic) bond motifs is 2. The second kappa shape index (κ2) is 7.12. The van der Waals surface area contributed by atoms with Crippen molar-refractivity contribution in [2.45, 2.75) is 19.8 Å². The molecule has 2 aromatic carbocycles. The fraction of sp³-hybridized carbons (Fsp3) is 0.286. The fourth-order valence-electron chi connectivity index (χ4n) is 2.89. The van der Waals surface area contributed by atoms with Crippen molar-refractivity contribution in [3.05, 3.63) is 53.3 Å². The van der Waals surface area contributed by atoms with Gasteiger partial charge in [0.15, 0.2) is 17.3 Å². The SMILES string of the molecule is CCCCOc1ccc2c(c1)OC(=Cc1ccc3c(c1)OCCO3)C2=O. The predicted octanol–water partition coefficient (Wildman–Crippen LogP) is 4.25. The third-order valence-corrected chi connectivity index (χ3v) is 4.27. The van der Waals surface area contributed by atoms with Crippen LogP contribution in [0.4, 0.5) is 0 Å². The number of Topliss-reactive ketones (excluding diaryl/α,β-unsaturated/α-hetero) is 1. The van der Waals surface area contributed by atoms with Gasteiger partial charge in [-0.1, -0.05) is 19.4 Å². The Morgan fingerprint density at radius 1 is 1.04 bits per heavy atom. The summed E-state index contributed by atoms with van der Waals surface area (Å²) in [5.41, 5.74) is 1.38. The van der Waals surface area contributed by atoms with Gasteiger partial charge in [-0.3, -0.25) is 4.79 Å². The highest BCUT2D eigenvalue weighted by Gasteiger charge is 2.28. The van der Waals surface area contributed by atoms with Crippen molar-refractivity contribution in [3.63, 3.8) is 0 Å². The number of carbonyl (C=O) groups is 1. The molecular formula is C21H20O5. The van der Waals surface area contributed by atoms with E-state index >= 15 is 0 Å². The summed E-state index contributed by atoms with van der Waals surface area (Å²) in [6, 6.07) is 10.9. The molecule has 0 atom stereocenters. The van der Waals surface area contributed by atoms with Crippen LogP contribution in [0.2, 0.25) is 0 Å². The summed E-state index contributed by atoms with van der Waals surface area (Å²) in [5, 5.41) is 0. The minimum atomic E-state index is -0.130. The van der Waals surface area contributed by atoms with E-state index in [0.29, 0.717) is 54.1 Å². The first-order valence-electron chi connectivity index (χ1n) is 8.85. The average molecular weight is 352 g/mol. The molecule has 2 heterocycles. The lowest BCUT2D eigenvalue weighted by Crippen LogP contribution is -2.15. The van der Waals surface area contributed by atoms with E-state index in [9.17, 15) is 4.79 Å². The Hall–Kier alpha value is -2.95. The lowest BCUT2D eigenvalue weighted by atomic mass is 10.1. The molecule has 2 aliphatic rings. The van der Waals surface area contributed by atoms with Crippen LogP contribution in [0.15, 0.2) is 42.2 Å². The first-order valence-corrected chi connectivity index (χ1v) is 8.85. The Morgan fingerprint density at radius 3 is 2.73 bits per heavy atom. The van der Waals surface area contributed by atoms with Gasteiger partial charge < -0.3 is 18.9 Å². The summed E-state index contributed by atoms with van der Waals surface area (Å²) in [6.45, 7) is 3.84. The maximum Gasteiger partial charge on any atom is 0.231 e. The molecule has 4 rings (SSSR count). The normalized spacial score (nSPS) is 16.3. The first-order chi connectivity index (χ1) is 12.7. The quantitative estimate of drug-likeness (QED) is 0.595. The van der Waals surface area contributed by atoms with Gasteiger partial charge >= 0.3 is 0 Å². The molecule has 0 amide bonds. The number of ketones is 1. The predicted molar refractivity (Wildman–Crippen MR) is 97.2 cm³/mol. The number of carbonyl (C=O) groups excluding carboxylic acids is 1. The van der Waals surface area contributed by atoms with Gasteiger partial charge in [0.05, 0.1) is 12.2 Å². The summed E-state index contributed by atoms with van der Waals surface area (Å²) < 4.78 is 22.6. The van der Waals surface area contributed by atoms with Crippen LogP contribution in [0.3, 0.4) is 0 Å². The molecule has 0 saturated carbocycles. The van der Waals surface area contributed by atoms with Crippen LogP contribution < -0.4 is 18.9 Å². The summed E-state index contributed by atoms with van der Waals surface area (Å²) in [7, 11) is 0.